The molecule has 0 spiro atoms. The number of carbonyl (C=O) groups excluding carboxylic acids is 1. The first-order valence-corrected chi connectivity index (χ1v) is 8.97. The molecule has 0 atom stereocenters. The van der Waals surface area contributed by atoms with Crippen molar-refractivity contribution in [3.63, 3.8) is 0 Å². The van der Waals surface area contributed by atoms with E-state index >= 15 is 0 Å². The molecule has 0 saturated heterocycles. The first-order chi connectivity index (χ1) is 11.5. The summed E-state index contributed by atoms with van der Waals surface area (Å²) < 4.78 is 0. The molecule has 1 fully saturated rings. The van der Waals surface area contributed by atoms with Crippen LogP contribution < -0.4 is 10.2 Å². The number of hydrogen-bond donors (Lipinski definition) is 2. The zero-order valence-electron chi connectivity index (χ0n) is 14.9. The lowest BCUT2D eigenvalue weighted by Crippen LogP contribution is -2.40. The molecule has 1 amide bonds. The van der Waals surface area contributed by atoms with Crippen LogP contribution in [0.3, 0.4) is 0 Å². The number of rotatable bonds is 5. The summed E-state index contributed by atoms with van der Waals surface area (Å²) in [6.45, 7) is 5.69. The summed E-state index contributed by atoms with van der Waals surface area (Å²) in [5.74, 6) is 1.62. The van der Waals surface area contributed by atoms with E-state index < -0.39 is 0 Å². The van der Waals surface area contributed by atoms with Gasteiger partial charge in [0.1, 0.15) is 17.3 Å². The lowest BCUT2D eigenvalue weighted by molar-refractivity contribution is 0.0939. The topological polar surface area (TPSA) is 78.3 Å². The zero-order valence-corrected chi connectivity index (χ0v) is 14.9. The number of aromatic nitrogens is 2. The molecular weight excluding hydrogens is 304 g/mol. The Hall–Kier alpha value is -1.69. The summed E-state index contributed by atoms with van der Waals surface area (Å²) in [4.78, 5) is 23.7. The predicted molar refractivity (Wildman–Crippen MR) is 93.4 cm³/mol. The maximum atomic E-state index is 12.2. The Balaban J connectivity index is 1.97. The van der Waals surface area contributed by atoms with Gasteiger partial charge in [-0.1, -0.05) is 26.7 Å². The van der Waals surface area contributed by atoms with Crippen LogP contribution in [0, 0.1) is 5.41 Å². The van der Waals surface area contributed by atoms with Gasteiger partial charge < -0.3 is 15.3 Å². The van der Waals surface area contributed by atoms with Crippen LogP contribution in [0.15, 0.2) is 0 Å². The van der Waals surface area contributed by atoms with Crippen LogP contribution in [0.25, 0.3) is 0 Å². The quantitative estimate of drug-likeness (QED) is 0.861. The molecule has 1 saturated carbocycles. The zero-order chi connectivity index (χ0) is 17.3. The molecule has 1 aliphatic heterocycles. The van der Waals surface area contributed by atoms with Crippen LogP contribution in [0.4, 0.5) is 5.82 Å². The summed E-state index contributed by atoms with van der Waals surface area (Å²) in [5.41, 5.74) is 1.42. The highest BCUT2D eigenvalue weighted by molar-refractivity contribution is 5.96. The molecule has 0 aromatic carbocycles. The maximum Gasteiger partial charge on any atom is 0.270 e. The number of anilines is 1. The Morgan fingerprint density at radius 1 is 1.29 bits per heavy atom. The van der Waals surface area contributed by atoms with E-state index in [0.29, 0.717) is 18.1 Å². The van der Waals surface area contributed by atoms with Crippen molar-refractivity contribution in [3.05, 3.63) is 17.1 Å². The summed E-state index contributed by atoms with van der Waals surface area (Å²) in [5, 5.41) is 12.8. The molecule has 2 N–H and O–H groups in total. The Morgan fingerprint density at radius 3 is 2.62 bits per heavy atom. The van der Waals surface area contributed by atoms with Crippen LogP contribution in [-0.4, -0.2) is 47.7 Å². The molecule has 132 valence electrons. The van der Waals surface area contributed by atoms with Crippen molar-refractivity contribution >= 4 is 11.7 Å². The van der Waals surface area contributed by atoms with Crippen molar-refractivity contribution in [2.45, 2.75) is 51.9 Å². The van der Waals surface area contributed by atoms with E-state index in [1.54, 1.807) is 0 Å². The number of fused-ring (bicyclic) bond motifs is 1. The Kier molecular flexibility index (Phi) is 4.76. The van der Waals surface area contributed by atoms with Gasteiger partial charge in [-0.25, -0.2) is 9.97 Å². The van der Waals surface area contributed by atoms with Gasteiger partial charge in [0.05, 0.1) is 6.61 Å². The van der Waals surface area contributed by atoms with E-state index in [4.69, 9.17) is 4.98 Å². The number of nitrogens with one attached hydrogen (secondary N) is 1. The molecule has 0 radical (unpaired) electrons. The molecule has 1 aromatic heterocycles. The summed E-state index contributed by atoms with van der Waals surface area (Å²) in [6, 6.07) is 0. The summed E-state index contributed by atoms with van der Waals surface area (Å²) >= 11 is 0. The van der Waals surface area contributed by atoms with E-state index in [9.17, 15) is 9.90 Å². The lowest BCUT2D eigenvalue weighted by atomic mass is 9.86. The second-order valence-electron chi connectivity index (χ2n) is 7.61. The van der Waals surface area contributed by atoms with Crippen molar-refractivity contribution < 1.29 is 9.90 Å². The highest BCUT2D eigenvalue weighted by Crippen LogP contribution is 2.39. The van der Waals surface area contributed by atoms with E-state index in [1.807, 2.05) is 20.9 Å². The highest BCUT2D eigenvalue weighted by atomic mass is 16.3. The monoisotopic (exact) mass is 332 g/mol. The second-order valence-corrected chi connectivity index (χ2v) is 7.61. The number of aliphatic hydroxyl groups excluding tert-OH is 1. The summed E-state index contributed by atoms with van der Waals surface area (Å²) in [6.07, 6.45) is 5.22. The van der Waals surface area contributed by atoms with Crippen molar-refractivity contribution in [1.82, 2.24) is 15.3 Å². The fourth-order valence-electron chi connectivity index (χ4n) is 3.93. The van der Waals surface area contributed by atoms with Gasteiger partial charge in [0.2, 0.25) is 0 Å². The van der Waals surface area contributed by atoms with Gasteiger partial charge in [-0.15, -0.1) is 0 Å². The fourth-order valence-corrected chi connectivity index (χ4v) is 3.93. The molecule has 0 unspecified atom stereocenters. The van der Waals surface area contributed by atoms with Crippen molar-refractivity contribution in [3.8, 4) is 0 Å². The van der Waals surface area contributed by atoms with Gasteiger partial charge in [-0.3, -0.25) is 4.79 Å². The minimum absolute atomic E-state index is 0.0402. The lowest BCUT2D eigenvalue weighted by Gasteiger charge is -2.34. The molecule has 2 aliphatic rings. The minimum Gasteiger partial charge on any atom is -0.396 e. The molecule has 1 aliphatic carbocycles. The molecule has 1 aromatic rings. The predicted octanol–water partition coefficient (Wildman–Crippen LogP) is 1.87. The molecule has 6 heteroatoms. The van der Waals surface area contributed by atoms with Crippen LogP contribution in [-0.2, 0) is 6.42 Å². The van der Waals surface area contributed by atoms with Crippen molar-refractivity contribution in [2.24, 2.45) is 5.41 Å². The van der Waals surface area contributed by atoms with E-state index in [-0.39, 0.29) is 23.8 Å². The largest absolute Gasteiger partial charge is 0.396 e. The van der Waals surface area contributed by atoms with Crippen LogP contribution in [0.2, 0.25) is 0 Å². The normalized spacial score (nSPS) is 19.3. The molecule has 24 heavy (non-hydrogen) atoms. The number of aliphatic hydroxyl groups is 1. The van der Waals surface area contributed by atoms with Crippen LogP contribution >= 0.6 is 0 Å². The molecular formula is C18H28N4O2. The van der Waals surface area contributed by atoms with Crippen LogP contribution in [0.5, 0.6) is 0 Å². The summed E-state index contributed by atoms with van der Waals surface area (Å²) in [7, 11) is 2.02. The average Bonchev–Trinajstić information content (AvgIpc) is 3.03. The average molecular weight is 332 g/mol. The molecule has 6 nitrogen and oxygen atoms in total. The maximum absolute atomic E-state index is 12.2. The number of hydrogen-bond acceptors (Lipinski definition) is 5. The second kappa shape index (κ2) is 6.67. The molecule has 2 heterocycles. The van der Waals surface area contributed by atoms with Gasteiger partial charge >= 0.3 is 0 Å². The van der Waals surface area contributed by atoms with E-state index in [2.05, 4.69) is 15.2 Å². The van der Waals surface area contributed by atoms with Crippen LogP contribution in [0.1, 0.15) is 67.3 Å². The number of amides is 1. The minimum atomic E-state index is -0.104. The van der Waals surface area contributed by atoms with Gasteiger partial charge in [-0.05, 0) is 19.3 Å². The molecule has 3 rings (SSSR count). The third-order valence-corrected chi connectivity index (χ3v) is 5.33. The Labute approximate surface area is 143 Å². The van der Waals surface area contributed by atoms with Gasteiger partial charge in [0.15, 0.2) is 0 Å². The smallest absolute Gasteiger partial charge is 0.270 e. The van der Waals surface area contributed by atoms with Gasteiger partial charge in [-0.2, -0.15) is 0 Å². The third-order valence-electron chi connectivity index (χ3n) is 5.33. The van der Waals surface area contributed by atoms with E-state index in [1.165, 1.54) is 12.8 Å². The first-order valence-electron chi connectivity index (χ1n) is 8.97. The third kappa shape index (κ3) is 3.11. The van der Waals surface area contributed by atoms with Gasteiger partial charge in [0.25, 0.3) is 5.91 Å². The Bertz CT molecular complexity index is 624. The number of nitrogens with zero attached hydrogens (tertiary/aromatic N) is 3. The molecule has 0 bridgehead atoms. The SMILES string of the molecule is CC(C)c1nc2c(c(N(C)CC3(CO)CCCC3)n1)CCNC2=O. The standard InChI is InChI=1S/C18H28N4O2/c1-12(2)15-20-14-13(6-9-19-17(14)24)16(21-15)22(3)10-18(11-23)7-4-5-8-18/h12,23H,4-11H2,1-3H3,(H,19,24). The van der Waals surface area contributed by atoms with Crippen molar-refractivity contribution in [1.29, 1.82) is 0 Å². The number of carbonyl (C=O) groups is 1. The fraction of sp³-hybridized carbons (Fsp3) is 0.722. The first kappa shape index (κ1) is 17.1. The highest BCUT2D eigenvalue weighted by Gasteiger charge is 2.36. The van der Waals surface area contributed by atoms with Gasteiger partial charge in [0, 0.05) is 37.0 Å². The Morgan fingerprint density at radius 2 is 2.00 bits per heavy atom. The van der Waals surface area contributed by atoms with E-state index in [0.717, 1.165) is 37.2 Å². The van der Waals surface area contributed by atoms with Crippen molar-refractivity contribution in [2.75, 3.05) is 31.6 Å².